The van der Waals surface area contributed by atoms with Crippen LogP contribution in [0.1, 0.15) is 55.6 Å². The number of para-hydroxylation sites is 1. The van der Waals surface area contributed by atoms with Crippen molar-refractivity contribution in [3.63, 3.8) is 0 Å². The Balaban J connectivity index is 0.000000662. The first-order valence-electron chi connectivity index (χ1n) is 14.4. The van der Waals surface area contributed by atoms with Gasteiger partial charge in [0.2, 0.25) is 6.79 Å². The molecule has 1 fully saturated rings. The fourth-order valence-corrected chi connectivity index (χ4v) is 4.77. The normalized spacial score (nSPS) is 18.1. The van der Waals surface area contributed by atoms with Gasteiger partial charge in [-0.2, -0.15) is 0 Å². The second-order valence-corrected chi connectivity index (χ2v) is 10.3. The van der Waals surface area contributed by atoms with Gasteiger partial charge in [-0.05, 0) is 68.4 Å². The molecular formula is C33H40N2O9. The topological polar surface area (TPSA) is 143 Å². The minimum atomic E-state index is -0.844. The molecule has 3 aromatic rings. The SMILES string of the molecule is COc1ccc(CC2CCC[C@H](NC(=O)c3nccc(OC)c3OCOC(C)=O)C(=O)OC(C)C2)cc1.Oc1ccccc1. The molecule has 11 heteroatoms. The van der Waals surface area contributed by atoms with Gasteiger partial charge in [-0.15, -0.1) is 0 Å². The molecule has 0 bridgehead atoms. The number of hydrogen-bond acceptors (Lipinski definition) is 10. The molecule has 2 aromatic carbocycles. The highest BCUT2D eigenvalue weighted by Crippen LogP contribution is 2.30. The third kappa shape index (κ3) is 10.8. The van der Waals surface area contributed by atoms with E-state index in [0.29, 0.717) is 18.1 Å². The monoisotopic (exact) mass is 608 g/mol. The fourth-order valence-electron chi connectivity index (χ4n) is 4.77. The zero-order valence-electron chi connectivity index (χ0n) is 25.5. The Kier molecular flexibility index (Phi) is 13.3. The summed E-state index contributed by atoms with van der Waals surface area (Å²) >= 11 is 0. The molecule has 0 aliphatic carbocycles. The molecule has 11 nitrogen and oxygen atoms in total. The maximum Gasteiger partial charge on any atom is 0.328 e. The first kappa shape index (κ1) is 33.7. The number of aromatic hydroxyl groups is 1. The third-order valence-corrected chi connectivity index (χ3v) is 6.89. The molecule has 3 atom stereocenters. The molecule has 0 spiro atoms. The lowest BCUT2D eigenvalue weighted by Crippen LogP contribution is -2.43. The molecule has 0 radical (unpaired) electrons. The number of pyridine rings is 1. The number of hydrogen-bond donors (Lipinski definition) is 2. The van der Waals surface area contributed by atoms with Crippen LogP contribution in [-0.4, -0.2) is 61.1 Å². The van der Waals surface area contributed by atoms with Crippen LogP contribution in [0.3, 0.4) is 0 Å². The Morgan fingerprint density at radius 3 is 2.36 bits per heavy atom. The molecule has 236 valence electrons. The van der Waals surface area contributed by atoms with Crippen LogP contribution >= 0.6 is 0 Å². The van der Waals surface area contributed by atoms with Crippen molar-refractivity contribution in [3.8, 4) is 23.0 Å². The standard InChI is InChI=1S/C27H34N2O8.C6H6O/c1-17-14-20(15-19-8-10-21(33-3)11-9-19)6-5-7-22(27(32)37-17)29-26(31)24-25(36-16-35-18(2)30)23(34-4)12-13-28-24;7-6-4-2-1-3-5-6/h8-13,17,20,22H,5-7,14-16H2,1-4H3,(H,29,31);1-5,7H/t17?,20?,22-;/m0./s1. The van der Waals surface area contributed by atoms with Crippen LogP contribution in [0, 0.1) is 5.92 Å². The zero-order valence-corrected chi connectivity index (χ0v) is 25.5. The van der Waals surface area contributed by atoms with E-state index in [2.05, 4.69) is 10.3 Å². The zero-order chi connectivity index (χ0) is 31.9. The number of aromatic nitrogens is 1. The number of phenolic OH excluding ortho intramolecular Hbond substituents is 1. The summed E-state index contributed by atoms with van der Waals surface area (Å²) in [4.78, 5) is 41.2. The predicted molar refractivity (Wildman–Crippen MR) is 162 cm³/mol. The first-order chi connectivity index (χ1) is 21.2. The van der Waals surface area contributed by atoms with Gasteiger partial charge in [0.15, 0.2) is 17.2 Å². The van der Waals surface area contributed by atoms with E-state index in [4.69, 9.17) is 28.8 Å². The van der Waals surface area contributed by atoms with Crippen molar-refractivity contribution in [2.45, 2.75) is 58.1 Å². The van der Waals surface area contributed by atoms with Gasteiger partial charge in [-0.25, -0.2) is 9.78 Å². The second-order valence-electron chi connectivity index (χ2n) is 10.3. The quantitative estimate of drug-likeness (QED) is 0.256. The molecule has 2 heterocycles. The lowest BCUT2D eigenvalue weighted by Gasteiger charge is -2.21. The van der Waals surface area contributed by atoms with E-state index in [1.54, 1.807) is 31.4 Å². The van der Waals surface area contributed by atoms with Crippen LogP contribution in [0.4, 0.5) is 0 Å². The maximum absolute atomic E-state index is 13.1. The van der Waals surface area contributed by atoms with E-state index in [9.17, 15) is 14.4 Å². The van der Waals surface area contributed by atoms with Gasteiger partial charge in [0, 0.05) is 19.2 Å². The van der Waals surface area contributed by atoms with Gasteiger partial charge in [0.05, 0.1) is 20.3 Å². The van der Waals surface area contributed by atoms with Gasteiger partial charge in [0.1, 0.15) is 17.5 Å². The Hall–Kier alpha value is -4.80. The summed E-state index contributed by atoms with van der Waals surface area (Å²) in [7, 11) is 3.05. The van der Waals surface area contributed by atoms with Crippen LogP contribution in [0.5, 0.6) is 23.0 Å². The molecule has 2 unspecified atom stereocenters. The summed E-state index contributed by atoms with van der Waals surface area (Å²) in [6, 6.07) is 17.4. The van der Waals surface area contributed by atoms with Crippen molar-refractivity contribution in [2.75, 3.05) is 21.0 Å². The number of rotatable bonds is 9. The molecule has 1 saturated heterocycles. The number of amides is 1. The number of carbonyl (C=O) groups excluding carboxylic acids is 3. The molecule has 1 aliphatic heterocycles. The molecule has 4 rings (SSSR count). The Morgan fingerprint density at radius 2 is 1.75 bits per heavy atom. The van der Waals surface area contributed by atoms with E-state index in [1.165, 1.54) is 31.9 Å². The van der Waals surface area contributed by atoms with Crippen LogP contribution in [-0.2, 0) is 25.5 Å². The number of benzene rings is 2. The summed E-state index contributed by atoms with van der Waals surface area (Å²) in [6.45, 7) is 2.69. The minimum Gasteiger partial charge on any atom is -0.508 e. The number of cyclic esters (lactones) is 1. The number of ether oxygens (including phenoxy) is 5. The van der Waals surface area contributed by atoms with Crippen LogP contribution in [0.2, 0.25) is 0 Å². The largest absolute Gasteiger partial charge is 0.508 e. The van der Waals surface area contributed by atoms with E-state index in [1.807, 2.05) is 37.3 Å². The second kappa shape index (κ2) is 17.3. The van der Waals surface area contributed by atoms with E-state index >= 15 is 0 Å². The summed E-state index contributed by atoms with van der Waals surface area (Å²) in [5.74, 6) is 0.0460. The highest BCUT2D eigenvalue weighted by Gasteiger charge is 2.30. The van der Waals surface area contributed by atoms with Crippen LogP contribution < -0.4 is 19.5 Å². The molecule has 0 saturated carbocycles. The van der Waals surface area contributed by atoms with E-state index in [0.717, 1.165) is 31.4 Å². The van der Waals surface area contributed by atoms with E-state index in [-0.39, 0.29) is 23.3 Å². The summed E-state index contributed by atoms with van der Waals surface area (Å²) in [6.07, 6.45) is 4.71. The summed E-state index contributed by atoms with van der Waals surface area (Å²) in [5.41, 5.74) is 1.10. The number of esters is 2. The van der Waals surface area contributed by atoms with Crippen LogP contribution in [0.25, 0.3) is 0 Å². The molecule has 1 aromatic heterocycles. The van der Waals surface area contributed by atoms with Crippen molar-refractivity contribution in [2.24, 2.45) is 5.92 Å². The number of phenols is 1. The smallest absolute Gasteiger partial charge is 0.328 e. The van der Waals surface area contributed by atoms with Crippen molar-refractivity contribution in [1.29, 1.82) is 0 Å². The molecule has 44 heavy (non-hydrogen) atoms. The third-order valence-electron chi connectivity index (χ3n) is 6.89. The fraction of sp³-hybridized carbons (Fsp3) is 0.394. The molecule has 1 amide bonds. The lowest BCUT2D eigenvalue weighted by atomic mass is 9.89. The van der Waals surface area contributed by atoms with Gasteiger partial charge in [-0.1, -0.05) is 36.8 Å². The first-order valence-corrected chi connectivity index (χ1v) is 14.4. The predicted octanol–water partition coefficient (Wildman–Crippen LogP) is 4.85. The van der Waals surface area contributed by atoms with Crippen molar-refractivity contribution in [3.05, 3.63) is 78.1 Å². The van der Waals surface area contributed by atoms with Crippen molar-refractivity contribution >= 4 is 17.8 Å². The van der Waals surface area contributed by atoms with Gasteiger partial charge < -0.3 is 34.1 Å². The lowest BCUT2D eigenvalue weighted by molar-refractivity contribution is -0.151. The van der Waals surface area contributed by atoms with Gasteiger partial charge in [-0.3, -0.25) is 9.59 Å². The average molecular weight is 609 g/mol. The van der Waals surface area contributed by atoms with Crippen LogP contribution in [0.15, 0.2) is 66.9 Å². The Morgan fingerprint density at radius 1 is 1.02 bits per heavy atom. The van der Waals surface area contributed by atoms with E-state index < -0.39 is 30.7 Å². The number of carbonyl (C=O) groups is 3. The molecule has 1 aliphatic rings. The van der Waals surface area contributed by atoms with Gasteiger partial charge >= 0.3 is 11.9 Å². The van der Waals surface area contributed by atoms with Crippen molar-refractivity contribution < 1.29 is 43.2 Å². The average Bonchev–Trinajstić information content (AvgIpc) is 3.06. The maximum atomic E-state index is 13.1. The highest BCUT2D eigenvalue weighted by atomic mass is 16.7. The highest BCUT2D eigenvalue weighted by molar-refractivity contribution is 5.98. The van der Waals surface area contributed by atoms with Crippen molar-refractivity contribution in [1.82, 2.24) is 10.3 Å². The van der Waals surface area contributed by atoms with Gasteiger partial charge in [0.25, 0.3) is 5.91 Å². The summed E-state index contributed by atoms with van der Waals surface area (Å²) < 4.78 is 26.4. The molecule has 2 N–H and O–H groups in total. The Bertz CT molecular complexity index is 1350. The minimum absolute atomic E-state index is 0.00751. The number of nitrogens with one attached hydrogen (secondary N) is 1. The molecular weight excluding hydrogens is 568 g/mol. The summed E-state index contributed by atoms with van der Waals surface area (Å²) in [5, 5.41) is 11.4. The number of methoxy groups -OCH3 is 2. The Labute approximate surface area is 257 Å². The number of nitrogens with zero attached hydrogens (tertiary/aromatic N) is 1.